The Morgan fingerprint density at radius 1 is 0.974 bits per heavy atom. The fraction of sp³-hybridized carbons (Fsp3) is 0.267. The molecule has 1 aliphatic rings. The number of nitrogens with zero attached hydrogens (tertiary/aromatic N) is 3. The van der Waals surface area contributed by atoms with E-state index < -0.39 is 0 Å². The highest BCUT2D eigenvalue weighted by atomic mass is 16.5. The number of benzene rings is 3. The Labute approximate surface area is 228 Å². The van der Waals surface area contributed by atoms with Crippen LogP contribution in [-0.4, -0.2) is 74.1 Å². The van der Waals surface area contributed by atoms with Gasteiger partial charge in [0.15, 0.2) is 0 Å². The molecule has 202 valence electrons. The van der Waals surface area contributed by atoms with Crippen molar-refractivity contribution >= 4 is 33.9 Å². The molecule has 0 atom stereocenters. The molecule has 0 aliphatic carbocycles. The number of nitrogens with one attached hydrogen (secondary N) is 2. The topological polar surface area (TPSA) is 105 Å². The van der Waals surface area contributed by atoms with E-state index in [1.54, 1.807) is 37.6 Å². The third kappa shape index (κ3) is 6.57. The summed E-state index contributed by atoms with van der Waals surface area (Å²) in [5, 5.41) is 8.18. The van der Waals surface area contributed by atoms with Crippen molar-refractivity contribution in [3.05, 3.63) is 78.5 Å². The van der Waals surface area contributed by atoms with Crippen LogP contribution in [0.4, 0.5) is 17.2 Å². The van der Waals surface area contributed by atoms with E-state index in [0.29, 0.717) is 46.5 Å². The lowest BCUT2D eigenvalue weighted by Crippen LogP contribution is -2.46. The van der Waals surface area contributed by atoms with E-state index in [1.165, 1.54) is 0 Å². The van der Waals surface area contributed by atoms with Gasteiger partial charge in [-0.2, -0.15) is 0 Å². The van der Waals surface area contributed by atoms with E-state index in [0.717, 1.165) is 43.5 Å². The number of nitrogens with two attached hydrogens (primary N) is 1. The molecule has 1 saturated heterocycles. The van der Waals surface area contributed by atoms with Gasteiger partial charge in [0.05, 0.1) is 7.11 Å². The first kappa shape index (κ1) is 26.3. The molecule has 9 nitrogen and oxygen atoms in total. The number of pyridine rings is 1. The van der Waals surface area contributed by atoms with Gasteiger partial charge in [-0.05, 0) is 37.4 Å². The lowest BCUT2D eigenvalue weighted by Gasteiger charge is -2.32. The molecular formula is C30H34N6O3. The molecule has 1 aromatic heterocycles. The zero-order valence-corrected chi connectivity index (χ0v) is 22.3. The number of likely N-dealkylation sites (N-methyl/N-ethyl adjacent to an activating group) is 1. The molecule has 0 spiro atoms. The van der Waals surface area contributed by atoms with Gasteiger partial charge in [0.2, 0.25) is 0 Å². The molecule has 1 fully saturated rings. The fourth-order valence-electron chi connectivity index (χ4n) is 4.62. The van der Waals surface area contributed by atoms with Crippen LogP contribution in [0, 0.1) is 0 Å². The van der Waals surface area contributed by atoms with E-state index in [1.807, 2.05) is 42.5 Å². The number of carbonyl (C=O) groups is 1. The number of rotatable bonds is 9. The number of aromatic nitrogens is 1. The number of amides is 1. The molecule has 2 heterocycles. The van der Waals surface area contributed by atoms with E-state index in [-0.39, 0.29) is 5.91 Å². The molecule has 39 heavy (non-hydrogen) atoms. The van der Waals surface area contributed by atoms with Crippen molar-refractivity contribution in [1.82, 2.24) is 20.1 Å². The number of hydrogen-bond acceptors (Lipinski definition) is 8. The average Bonchev–Trinajstić information content (AvgIpc) is 2.95. The third-order valence-corrected chi connectivity index (χ3v) is 6.86. The molecule has 3 aromatic carbocycles. The monoisotopic (exact) mass is 526 g/mol. The van der Waals surface area contributed by atoms with Crippen LogP contribution >= 0.6 is 0 Å². The molecular weight excluding hydrogens is 492 g/mol. The summed E-state index contributed by atoms with van der Waals surface area (Å²) in [5.74, 6) is 2.32. The molecule has 0 bridgehead atoms. The Hall–Kier alpha value is -4.34. The Bertz CT molecular complexity index is 1450. The molecule has 1 aliphatic heterocycles. The molecule has 5 rings (SSSR count). The van der Waals surface area contributed by atoms with Crippen LogP contribution in [0.1, 0.15) is 10.4 Å². The lowest BCUT2D eigenvalue weighted by molar-refractivity contribution is 0.0940. The number of ether oxygens (including phenoxy) is 2. The summed E-state index contributed by atoms with van der Waals surface area (Å²) in [6, 6.07) is 20.5. The normalized spacial score (nSPS) is 14.2. The number of anilines is 3. The zero-order valence-electron chi connectivity index (χ0n) is 22.3. The molecule has 4 N–H and O–H groups in total. The number of carbonyl (C=O) groups excluding carboxylic acids is 1. The smallest absolute Gasteiger partial charge is 0.251 e. The maximum absolute atomic E-state index is 12.9. The highest BCUT2D eigenvalue weighted by Gasteiger charge is 2.15. The van der Waals surface area contributed by atoms with Crippen molar-refractivity contribution < 1.29 is 14.3 Å². The first-order valence-electron chi connectivity index (χ1n) is 13.0. The molecule has 0 saturated carbocycles. The lowest BCUT2D eigenvalue weighted by atomic mass is 10.1. The van der Waals surface area contributed by atoms with Gasteiger partial charge >= 0.3 is 0 Å². The summed E-state index contributed by atoms with van der Waals surface area (Å²) in [6.45, 7) is 5.55. The second kappa shape index (κ2) is 12.0. The van der Waals surface area contributed by atoms with Crippen molar-refractivity contribution in [3.8, 4) is 17.2 Å². The quantitative estimate of drug-likeness (QED) is 0.277. The predicted octanol–water partition coefficient (Wildman–Crippen LogP) is 4.34. The van der Waals surface area contributed by atoms with Crippen LogP contribution in [0.15, 0.2) is 72.9 Å². The van der Waals surface area contributed by atoms with Crippen molar-refractivity contribution in [2.45, 2.75) is 0 Å². The van der Waals surface area contributed by atoms with Gasteiger partial charge in [0.1, 0.15) is 23.1 Å². The predicted molar refractivity (Wildman–Crippen MR) is 155 cm³/mol. The Balaban J connectivity index is 1.27. The summed E-state index contributed by atoms with van der Waals surface area (Å²) in [7, 11) is 3.71. The fourth-order valence-corrected chi connectivity index (χ4v) is 4.62. The number of hydrogen-bond donors (Lipinski definition) is 3. The standard InChI is InChI=1S/C30H34N6O3/c1-35-13-15-36(16-14-35)12-11-33-30(37)21-17-22(19-24(18-21)38-2)34-29-20-23(9-10-32-29)39-28-8-7-27(31)25-5-3-4-6-26(25)28/h3-10,17-20H,11-16,31H2,1-2H3,(H,32,34)(H,33,37). The minimum atomic E-state index is -0.147. The minimum Gasteiger partial charge on any atom is -0.497 e. The van der Waals surface area contributed by atoms with Crippen molar-refractivity contribution in [2.24, 2.45) is 0 Å². The maximum Gasteiger partial charge on any atom is 0.251 e. The van der Waals surface area contributed by atoms with Crippen LogP contribution in [0.25, 0.3) is 10.8 Å². The molecule has 1 amide bonds. The number of fused-ring (bicyclic) bond motifs is 1. The van der Waals surface area contributed by atoms with E-state index in [4.69, 9.17) is 15.2 Å². The summed E-state index contributed by atoms with van der Waals surface area (Å²) >= 11 is 0. The van der Waals surface area contributed by atoms with E-state index in [2.05, 4.69) is 32.5 Å². The SMILES string of the molecule is COc1cc(Nc2cc(Oc3ccc(N)c4ccccc34)ccn2)cc(C(=O)NCCN2CCN(C)CC2)c1. The van der Waals surface area contributed by atoms with E-state index in [9.17, 15) is 4.79 Å². The molecule has 0 unspecified atom stereocenters. The minimum absolute atomic E-state index is 0.147. The Morgan fingerprint density at radius 2 is 1.77 bits per heavy atom. The Morgan fingerprint density at radius 3 is 2.56 bits per heavy atom. The molecule has 4 aromatic rings. The number of methoxy groups -OCH3 is 1. The molecule has 9 heteroatoms. The van der Waals surface area contributed by atoms with E-state index >= 15 is 0 Å². The first-order chi connectivity index (χ1) is 19.0. The van der Waals surface area contributed by atoms with Crippen LogP contribution < -0.4 is 25.8 Å². The van der Waals surface area contributed by atoms with Crippen LogP contribution in [-0.2, 0) is 0 Å². The summed E-state index contributed by atoms with van der Waals surface area (Å²) < 4.78 is 11.7. The van der Waals surface area contributed by atoms with Gasteiger partial charge in [-0.15, -0.1) is 0 Å². The number of piperazine rings is 1. The van der Waals surface area contributed by atoms with Gasteiger partial charge in [0, 0.05) is 85.3 Å². The summed E-state index contributed by atoms with van der Waals surface area (Å²) in [6.07, 6.45) is 1.67. The summed E-state index contributed by atoms with van der Waals surface area (Å²) in [4.78, 5) is 22.0. The average molecular weight is 527 g/mol. The van der Waals surface area contributed by atoms with Gasteiger partial charge in [-0.1, -0.05) is 24.3 Å². The zero-order chi connectivity index (χ0) is 27.2. The maximum atomic E-state index is 12.9. The number of nitrogen functional groups attached to an aromatic ring is 1. The van der Waals surface area contributed by atoms with Crippen molar-refractivity contribution in [3.63, 3.8) is 0 Å². The van der Waals surface area contributed by atoms with Crippen LogP contribution in [0.2, 0.25) is 0 Å². The Kier molecular flexibility index (Phi) is 8.10. The van der Waals surface area contributed by atoms with Gasteiger partial charge in [-0.25, -0.2) is 4.98 Å². The van der Waals surface area contributed by atoms with Gasteiger partial charge in [-0.3, -0.25) is 9.69 Å². The van der Waals surface area contributed by atoms with Crippen molar-refractivity contribution in [2.75, 3.05) is 64.5 Å². The highest BCUT2D eigenvalue weighted by Crippen LogP contribution is 2.34. The van der Waals surface area contributed by atoms with Gasteiger partial charge < -0.3 is 30.7 Å². The second-order valence-electron chi connectivity index (χ2n) is 9.65. The highest BCUT2D eigenvalue weighted by molar-refractivity contribution is 5.97. The van der Waals surface area contributed by atoms with Gasteiger partial charge in [0.25, 0.3) is 5.91 Å². The summed E-state index contributed by atoms with van der Waals surface area (Å²) in [5.41, 5.74) is 8.03. The second-order valence-corrected chi connectivity index (χ2v) is 9.65. The molecule has 0 radical (unpaired) electrons. The first-order valence-corrected chi connectivity index (χ1v) is 13.0. The van der Waals surface area contributed by atoms with Crippen LogP contribution in [0.5, 0.6) is 17.2 Å². The van der Waals surface area contributed by atoms with Crippen LogP contribution in [0.3, 0.4) is 0 Å². The third-order valence-electron chi connectivity index (χ3n) is 6.86. The van der Waals surface area contributed by atoms with Crippen molar-refractivity contribution in [1.29, 1.82) is 0 Å². The largest absolute Gasteiger partial charge is 0.497 e.